The van der Waals surface area contributed by atoms with Crippen molar-refractivity contribution in [1.82, 2.24) is 4.90 Å². The van der Waals surface area contributed by atoms with Gasteiger partial charge in [-0.2, -0.15) is 0 Å². The number of nitrogens with two attached hydrogens (primary N) is 1. The quantitative estimate of drug-likeness (QED) is 0.837. The molecule has 1 saturated heterocycles. The minimum Gasteiger partial charge on any atom is -0.397 e. The van der Waals surface area contributed by atoms with Crippen LogP contribution in [0.2, 0.25) is 0 Å². The van der Waals surface area contributed by atoms with E-state index in [1.165, 1.54) is 11.3 Å². The molecular formula is C15H17BrN2O2S. The Morgan fingerprint density at radius 1 is 1.38 bits per heavy atom. The Balaban J connectivity index is 1.96. The maximum Gasteiger partial charge on any atom is 0.266 e. The van der Waals surface area contributed by atoms with Crippen LogP contribution >= 0.6 is 27.3 Å². The number of thiophene rings is 1. The molecule has 0 saturated carbocycles. The Kier molecular flexibility index (Phi) is 3.94. The van der Waals surface area contributed by atoms with Gasteiger partial charge in [0.2, 0.25) is 0 Å². The zero-order valence-electron chi connectivity index (χ0n) is 11.9. The highest BCUT2D eigenvalue weighted by molar-refractivity contribution is 9.10. The van der Waals surface area contributed by atoms with Crippen LogP contribution in [0.3, 0.4) is 0 Å². The van der Waals surface area contributed by atoms with Crippen molar-refractivity contribution in [3.05, 3.63) is 27.5 Å². The molecule has 112 valence electrons. The van der Waals surface area contributed by atoms with Crippen molar-refractivity contribution in [2.75, 3.05) is 18.8 Å². The molecule has 1 amide bonds. The van der Waals surface area contributed by atoms with Crippen LogP contribution < -0.4 is 5.73 Å². The molecule has 0 aliphatic carbocycles. The molecule has 2 aromatic rings. The van der Waals surface area contributed by atoms with Gasteiger partial charge in [0, 0.05) is 27.6 Å². The largest absolute Gasteiger partial charge is 0.397 e. The lowest BCUT2D eigenvalue weighted by molar-refractivity contribution is -0.0584. The molecule has 21 heavy (non-hydrogen) atoms. The first-order valence-corrected chi connectivity index (χ1v) is 8.49. The number of halogens is 1. The van der Waals surface area contributed by atoms with Crippen molar-refractivity contribution in [2.45, 2.75) is 26.1 Å². The highest BCUT2D eigenvalue weighted by Gasteiger charge is 2.29. The Bertz CT molecular complexity index is 690. The van der Waals surface area contributed by atoms with Gasteiger partial charge in [-0.25, -0.2) is 0 Å². The molecule has 4 nitrogen and oxygen atoms in total. The Labute approximate surface area is 136 Å². The second kappa shape index (κ2) is 5.59. The molecule has 6 heteroatoms. The van der Waals surface area contributed by atoms with Crippen molar-refractivity contribution in [2.24, 2.45) is 0 Å². The monoisotopic (exact) mass is 368 g/mol. The molecule has 0 unspecified atom stereocenters. The number of anilines is 1. The number of benzene rings is 1. The Morgan fingerprint density at radius 3 is 2.71 bits per heavy atom. The predicted octanol–water partition coefficient (Wildman–Crippen LogP) is 3.50. The molecule has 3 rings (SSSR count). The van der Waals surface area contributed by atoms with E-state index in [9.17, 15) is 4.79 Å². The van der Waals surface area contributed by atoms with Crippen LogP contribution in [0.15, 0.2) is 22.7 Å². The fourth-order valence-corrected chi connectivity index (χ4v) is 4.38. The highest BCUT2D eigenvalue weighted by Crippen LogP contribution is 2.36. The summed E-state index contributed by atoms with van der Waals surface area (Å²) in [6.45, 7) is 5.20. The predicted molar refractivity (Wildman–Crippen MR) is 89.8 cm³/mol. The average Bonchev–Trinajstić information content (AvgIpc) is 2.73. The number of nitrogen functional groups attached to an aromatic ring is 1. The summed E-state index contributed by atoms with van der Waals surface area (Å²) in [6, 6.07) is 5.89. The number of morpholine rings is 1. The van der Waals surface area contributed by atoms with E-state index in [4.69, 9.17) is 10.5 Å². The molecule has 2 heterocycles. The third kappa shape index (κ3) is 2.80. The van der Waals surface area contributed by atoms with E-state index in [0.717, 1.165) is 14.6 Å². The summed E-state index contributed by atoms with van der Waals surface area (Å²) < 4.78 is 7.70. The topological polar surface area (TPSA) is 55.6 Å². The second-order valence-electron chi connectivity index (χ2n) is 5.45. The van der Waals surface area contributed by atoms with Gasteiger partial charge in [-0.3, -0.25) is 4.79 Å². The lowest BCUT2D eigenvalue weighted by atomic mass is 10.2. The van der Waals surface area contributed by atoms with Crippen LogP contribution in [0.25, 0.3) is 10.1 Å². The molecule has 1 aliphatic rings. The van der Waals surface area contributed by atoms with E-state index in [1.807, 2.05) is 36.9 Å². The molecule has 2 atom stereocenters. The number of hydrogen-bond acceptors (Lipinski definition) is 4. The first kappa shape index (κ1) is 14.8. The number of rotatable bonds is 1. The van der Waals surface area contributed by atoms with Crippen molar-refractivity contribution in [3.63, 3.8) is 0 Å². The molecule has 1 aromatic heterocycles. The molecule has 0 bridgehead atoms. The van der Waals surface area contributed by atoms with Crippen LogP contribution in [0.4, 0.5) is 5.69 Å². The summed E-state index contributed by atoms with van der Waals surface area (Å²) >= 11 is 4.90. The van der Waals surface area contributed by atoms with Gasteiger partial charge in [-0.05, 0) is 26.0 Å². The van der Waals surface area contributed by atoms with Gasteiger partial charge in [0.15, 0.2) is 0 Å². The summed E-state index contributed by atoms with van der Waals surface area (Å²) in [5.41, 5.74) is 6.76. The minimum atomic E-state index is 0.00632. The van der Waals surface area contributed by atoms with Crippen LogP contribution in [-0.2, 0) is 4.74 Å². The standard InChI is InChI=1S/C15H17BrN2O2S/c1-8-6-18(7-9(2)20-8)15(19)14-13(17)11-4-3-10(16)5-12(11)21-14/h3-5,8-9H,6-7,17H2,1-2H3/t8-,9+. The lowest BCUT2D eigenvalue weighted by Gasteiger charge is -2.35. The van der Waals surface area contributed by atoms with Crippen molar-refractivity contribution in [1.29, 1.82) is 0 Å². The van der Waals surface area contributed by atoms with E-state index < -0.39 is 0 Å². The third-order valence-corrected chi connectivity index (χ3v) is 5.24. The van der Waals surface area contributed by atoms with Crippen molar-refractivity contribution in [3.8, 4) is 0 Å². The van der Waals surface area contributed by atoms with E-state index >= 15 is 0 Å². The van der Waals surface area contributed by atoms with Crippen LogP contribution in [0.5, 0.6) is 0 Å². The van der Waals surface area contributed by atoms with Gasteiger partial charge in [-0.1, -0.05) is 22.0 Å². The number of carbonyl (C=O) groups excluding carboxylic acids is 1. The van der Waals surface area contributed by atoms with Gasteiger partial charge >= 0.3 is 0 Å². The molecule has 1 fully saturated rings. The normalized spacial score (nSPS) is 22.7. The summed E-state index contributed by atoms with van der Waals surface area (Å²) in [5.74, 6) is 0.00632. The number of hydrogen-bond donors (Lipinski definition) is 1. The summed E-state index contributed by atoms with van der Waals surface area (Å²) in [5, 5.41) is 0.945. The molecule has 1 aliphatic heterocycles. The lowest BCUT2D eigenvalue weighted by Crippen LogP contribution is -2.48. The Hall–Kier alpha value is -1.11. The molecule has 1 aromatic carbocycles. The van der Waals surface area contributed by atoms with Crippen molar-refractivity contribution >= 4 is 48.9 Å². The fourth-order valence-electron chi connectivity index (χ4n) is 2.74. The van der Waals surface area contributed by atoms with E-state index in [0.29, 0.717) is 23.7 Å². The van der Waals surface area contributed by atoms with Crippen LogP contribution in [-0.4, -0.2) is 36.1 Å². The molecular weight excluding hydrogens is 352 g/mol. The van der Waals surface area contributed by atoms with E-state index in [2.05, 4.69) is 15.9 Å². The molecule has 2 N–H and O–H groups in total. The van der Waals surface area contributed by atoms with Gasteiger partial charge in [0.1, 0.15) is 4.88 Å². The Morgan fingerprint density at radius 2 is 2.05 bits per heavy atom. The van der Waals surface area contributed by atoms with E-state index in [-0.39, 0.29) is 18.1 Å². The zero-order valence-corrected chi connectivity index (χ0v) is 14.3. The third-order valence-electron chi connectivity index (χ3n) is 3.59. The number of carbonyl (C=O) groups is 1. The highest BCUT2D eigenvalue weighted by atomic mass is 79.9. The number of fused-ring (bicyclic) bond motifs is 1. The van der Waals surface area contributed by atoms with Gasteiger partial charge < -0.3 is 15.4 Å². The summed E-state index contributed by atoms with van der Waals surface area (Å²) in [7, 11) is 0. The fraction of sp³-hybridized carbons (Fsp3) is 0.400. The molecule has 0 spiro atoms. The second-order valence-corrected chi connectivity index (χ2v) is 7.42. The molecule has 0 radical (unpaired) electrons. The zero-order chi connectivity index (χ0) is 15.1. The van der Waals surface area contributed by atoms with E-state index in [1.54, 1.807) is 0 Å². The van der Waals surface area contributed by atoms with Gasteiger partial charge in [0.25, 0.3) is 5.91 Å². The van der Waals surface area contributed by atoms with Crippen molar-refractivity contribution < 1.29 is 9.53 Å². The SMILES string of the molecule is C[C@@H]1CN(C(=O)c2sc3cc(Br)ccc3c2N)C[C@H](C)O1. The smallest absolute Gasteiger partial charge is 0.266 e. The summed E-state index contributed by atoms with van der Waals surface area (Å²) in [4.78, 5) is 15.2. The number of amides is 1. The first-order chi connectivity index (χ1) is 9.95. The first-order valence-electron chi connectivity index (χ1n) is 6.88. The van der Waals surface area contributed by atoms with Gasteiger partial charge in [-0.15, -0.1) is 11.3 Å². The average molecular weight is 369 g/mol. The van der Waals surface area contributed by atoms with Crippen LogP contribution in [0, 0.1) is 0 Å². The number of nitrogens with zero attached hydrogens (tertiary/aromatic N) is 1. The maximum atomic E-state index is 12.8. The maximum absolute atomic E-state index is 12.8. The van der Waals surface area contributed by atoms with Gasteiger partial charge in [0.05, 0.1) is 17.9 Å². The summed E-state index contributed by atoms with van der Waals surface area (Å²) in [6.07, 6.45) is 0.116. The minimum absolute atomic E-state index is 0.00632. The number of ether oxygens (including phenoxy) is 1. The van der Waals surface area contributed by atoms with Crippen LogP contribution in [0.1, 0.15) is 23.5 Å².